The van der Waals surface area contributed by atoms with Crippen molar-refractivity contribution in [2.45, 2.75) is 58.0 Å². The lowest BCUT2D eigenvalue weighted by atomic mass is 9.56. The maximum atomic E-state index is 13.4. The van der Waals surface area contributed by atoms with Gasteiger partial charge in [-0.2, -0.15) is 5.10 Å². The van der Waals surface area contributed by atoms with Crippen LogP contribution in [-0.2, 0) is 12.8 Å². The number of aryl methyl sites for hydroxylation is 2. The maximum Gasteiger partial charge on any atom is 0.123 e. The Bertz CT molecular complexity index is 1150. The summed E-state index contributed by atoms with van der Waals surface area (Å²) in [6.07, 6.45) is 9.37. The van der Waals surface area contributed by atoms with Crippen molar-refractivity contribution >= 4 is 6.08 Å². The first-order valence-electron chi connectivity index (χ1n) is 11.2. The molecule has 0 amide bonds. The number of hydrogen-bond acceptors (Lipinski definition) is 2. The van der Waals surface area contributed by atoms with Gasteiger partial charge in [-0.1, -0.05) is 36.8 Å². The minimum absolute atomic E-state index is 0.248. The Hall–Kier alpha value is -2.72. The third-order valence-corrected chi connectivity index (χ3v) is 7.65. The molecular weight excluding hydrogens is 387 g/mol. The molecule has 1 aromatic heterocycles. The smallest absolute Gasteiger partial charge is 0.123 e. The number of aliphatic hydroxyl groups is 1. The predicted molar refractivity (Wildman–Crippen MR) is 122 cm³/mol. The first-order valence-corrected chi connectivity index (χ1v) is 11.2. The van der Waals surface area contributed by atoms with E-state index in [1.54, 1.807) is 12.1 Å². The van der Waals surface area contributed by atoms with Gasteiger partial charge in [0.05, 0.1) is 23.2 Å². The molecule has 160 valence electrons. The van der Waals surface area contributed by atoms with Crippen molar-refractivity contribution < 1.29 is 9.50 Å². The molecule has 2 aliphatic rings. The number of hydrogen-bond donors (Lipinski definition) is 1. The molecule has 2 aromatic carbocycles. The van der Waals surface area contributed by atoms with Crippen LogP contribution in [0.15, 0.2) is 60.3 Å². The molecule has 0 spiro atoms. The van der Waals surface area contributed by atoms with E-state index in [9.17, 15) is 9.50 Å². The standard InChI is InChI=1S/C27H29FN2O/c1-19-6-3-4-7-20(19)13-15-27(31)14-5-8-22-16-25-21(17-26(22,27)2)18-29-30(25)24-11-9-23(28)10-12-24/h3-4,6-7,9-12,16,18,31H,5,8,13-15,17H2,1-2H3/t26-,27+/m0/s1. The molecule has 31 heavy (non-hydrogen) atoms. The number of nitrogens with zero attached hydrogens (tertiary/aromatic N) is 2. The lowest BCUT2D eigenvalue weighted by Crippen LogP contribution is -2.52. The van der Waals surface area contributed by atoms with E-state index < -0.39 is 5.60 Å². The molecule has 0 radical (unpaired) electrons. The number of aromatic nitrogens is 2. The van der Waals surface area contributed by atoms with Crippen LogP contribution in [0.2, 0.25) is 0 Å². The Labute approximate surface area is 183 Å². The minimum atomic E-state index is -0.741. The third kappa shape index (κ3) is 3.34. The van der Waals surface area contributed by atoms with E-state index in [-0.39, 0.29) is 11.2 Å². The van der Waals surface area contributed by atoms with E-state index in [0.717, 1.165) is 55.5 Å². The second-order valence-corrected chi connectivity index (χ2v) is 9.43. The van der Waals surface area contributed by atoms with E-state index in [4.69, 9.17) is 0 Å². The van der Waals surface area contributed by atoms with E-state index in [2.05, 4.69) is 49.3 Å². The van der Waals surface area contributed by atoms with E-state index >= 15 is 0 Å². The minimum Gasteiger partial charge on any atom is -0.389 e. The zero-order chi connectivity index (χ0) is 21.6. The van der Waals surface area contributed by atoms with Crippen LogP contribution in [0.3, 0.4) is 0 Å². The number of fused-ring (bicyclic) bond motifs is 2. The van der Waals surface area contributed by atoms with Crippen LogP contribution in [0.1, 0.15) is 55.0 Å². The Morgan fingerprint density at radius 2 is 1.90 bits per heavy atom. The summed E-state index contributed by atoms with van der Waals surface area (Å²) in [6.45, 7) is 4.37. The molecule has 2 atom stereocenters. The van der Waals surface area contributed by atoms with Crippen LogP contribution in [-0.4, -0.2) is 20.5 Å². The molecule has 1 fully saturated rings. The van der Waals surface area contributed by atoms with Crippen molar-refractivity contribution in [3.8, 4) is 5.69 Å². The zero-order valence-corrected chi connectivity index (χ0v) is 18.2. The molecule has 1 saturated carbocycles. The summed E-state index contributed by atoms with van der Waals surface area (Å²) in [5.74, 6) is -0.248. The van der Waals surface area contributed by atoms with Gasteiger partial charge in [-0.15, -0.1) is 0 Å². The van der Waals surface area contributed by atoms with Crippen molar-refractivity contribution in [3.05, 3.63) is 88.5 Å². The molecule has 5 rings (SSSR count). The molecule has 0 unspecified atom stereocenters. The quantitative estimate of drug-likeness (QED) is 0.582. The lowest BCUT2D eigenvalue weighted by Gasteiger charge is -2.52. The summed E-state index contributed by atoms with van der Waals surface area (Å²) in [5.41, 5.74) is 5.93. The normalized spacial score (nSPS) is 25.0. The highest BCUT2D eigenvalue weighted by Gasteiger charge is 2.52. The highest BCUT2D eigenvalue weighted by molar-refractivity contribution is 5.62. The van der Waals surface area contributed by atoms with Crippen molar-refractivity contribution in [1.29, 1.82) is 0 Å². The fraction of sp³-hybridized carbons (Fsp3) is 0.370. The molecule has 0 saturated heterocycles. The summed E-state index contributed by atoms with van der Waals surface area (Å²) >= 11 is 0. The molecule has 1 heterocycles. The second-order valence-electron chi connectivity index (χ2n) is 9.43. The summed E-state index contributed by atoms with van der Waals surface area (Å²) in [7, 11) is 0. The van der Waals surface area contributed by atoms with Crippen molar-refractivity contribution in [2.24, 2.45) is 5.41 Å². The van der Waals surface area contributed by atoms with Crippen LogP contribution in [0.25, 0.3) is 11.8 Å². The van der Waals surface area contributed by atoms with Gasteiger partial charge < -0.3 is 5.11 Å². The highest BCUT2D eigenvalue weighted by Crippen LogP contribution is 2.54. The molecule has 1 N–H and O–H groups in total. The van der Waals surface area contributed by atoms with Crippen molar-refractivity contribution in [1.82, 2.24) is 9.78 Å². The Morgan fingerprint density at radius 3 is 2.68 bits per heavy atom. The summed E-state index contributed by atoms with van der Waals surface area (Å²) < 4.78 is 15.3. The van der Waals surface area contributed by atoms with Gasteiger partial charge in [-0.3, -0.25) is 0 Å². The molecule has 3 nitrogen and oxygen atoms in total. The van der Waals surface area contributed by atoms with Crippen molar-refractivity contribution in [3.63, 3.8) is 0 Å². The van der Waals surface area contributed by atoms with Gasteiger partial charge in [-0.25, -0.2) is 9.07 Å². The van der Waals surface area contributed by atoms with E-state index in [0.29, 0.717) is 0 Å². The highest BCUT2D eigenvalue weighted by atomic mass is 19.1. The molecule has 0 aliphatic heterocycles. The van der Waals surface area contributed by atoms with Crippen LogP contribution < -0.4 is 0 Å². The summed E-state index contributed by atoms with van der Waals surface area (Å²) in [6, 6.07) is 14.9. The first-order chi connectivity index (χ1) is 14.9. The molecule has 2 aliphatic carbocycles. The van der Waals surface area contributed by atoms with Gasteiger partial charge in [-0.05, 0) is 92.5 Å². The SMILES string of the molecule is Cc1ccccc1CC[C@]1(O)CCCC2=Cc3c(cnn3-c3ccc(F)cc3)C[C@@]21C. The zero-order valence-electron chi connectivity index (χ0n) is 18.2. The van der Waals surface area contributed by atoms with Crippen LogP contribution in [0.5, 0.6) is 0 Å². The van der Waals surface area contributed by atoms with Crippen LogP contribution in [0.4, 0.5) is 4.39 Å². The number of benzene rings is 2. The molecular formula is C27H29FN2O. The van der Waals surface area contributed by atoms with Gasteiger partial charge in [0.25, 0.3) is 0 Å². The van der Waals surface area contributed by atoms with Gasteiger partial charge in [0, 0.05) is 5.41 Å². The van der Waals surface area contributed by atoms with Gasteiger partial charge in [0.1, 0.15) is 5.82 Å². The van der Waals surface area contributed by atoms with Gasteiger partial charge >= 0.3 is 0 Å². The van der Waals surface area contributed by atoms with Crippen LogP contribution in [0, 0.1) is 18.2 Å². The third-order valence-electron chi connectivity index (χ3n) is 7.65. The van der Waals surface area contributed by atoms with E-state index in [1.807, 2.05) is 10.9 Å². The predicted octanol–water partition coefficient (Wildman–Crippen LogP) is 5.81. The summed E-state index contributed by atoms with van der Waals surface area (Å²) in [4.78, 5) is 0. The average molecular weight is 417 g/mol. The number of halogens is 1. The fourth-order valence-electron chi connectivity index (χ4n) is 5.58. The van der Waals surface area contributed by atoms with Crippen molar-refractivity contribution in [2.75, 3.05) is 0 Å². The Kier molecular flexibility index (Phi) is 4.86. The Balaban J connectivity index is 1.47. The average Bonchev–Trinajstić information content (AvgIpc) is 3.15. The second kappa shape index (κ2) is 7.45. The lowest BCUT2D eigenvalue weighted by molar-refractivity contribution is -0.0843. The van der Waals surface area contributed by atoms with Gasteiger partial charge in [0.2, 0.25) is 0 Å². The topological polar surface area (TPSA) is 38.1 Å². The first kappa shape index (κ1) is 20.2. The number of rotatable bonds is 4. The Morgan fingerprint density at radius 1 is 1.13 bits per heavy atom. The largest absolute Gasteiger partial charge is 0.389 e. The fourth-order valence-corrected chi connectivity index (χ4v) is 5.58. The monoisotopic (exact) mass is 416 g/mol. The van der Waals surface area contributed by atoms with E-state index in [1.165, 1.54) is 28.8 Å². The van der Waals surface area contributed by atoms with Gasteiger partial charge in [0.15, 0.2) is 0 Å². The maximum absolute atomic E-state index is 13.4. The molecule has 0 bridgehead atoms. The summed E-state index contributed by atoms with van der Waals surface area (Å²) in [5, 5.41) is 16.6. The molecule has 4 heteroatoms. The van der Waals surface area contributed by atoms with Crippen LogP contribution >= 0.6 is 0 Å². The molecule has 3 aromatic rings.